The third-order valence-electron chi connectivity index (χ3n) is 4.41. The Labute approximate surface area is 120 Å². The minimum atomic E-state index is 0.172. The van der Waals surface area contributed by atoms with Crippen molar-refractivity contribution in [3.63, 3.8) is 0 Å². The molecule has 3 rings (SSSR count). The topological polar surface area (TPSA) is 35.6 Å². The molecule has 20 heavy (non-hydrogen) atoms. The molecule has 1 aromatic carbocycles. The Bertz CT molecular complexity index is 502. The maximum absolute atomic E-state index is 12.5. The lowest BCUT2D eigenvalue weighted by molar-refractivity contribution is 0.0627. The molecular weight excluding hydrogens is 250 g/mol. The Morgan fingerprint density at radius 1 is 1.20 bits per heavy atom. The third-order valence-corrected chi connectivity index (χ3v) is 4.41. The van der Waals surface area contributed by atoms with E-state index in [4.69, 9.17) is 0 Å². The van der Waals surface area contributed by atoms with Crippen molar-refractivity contribution in [1.29, 1.82) is 0 Å². The number of nitrogens with zero attached hydrogens (tertiary/aromatic N) is 2. The number of hydrogen-bond acceptors (Lipinski definition) is 3. The van der Waals surface area contributed by atoms with Crippen LogP contribution in [0.2, 0.25) is 0 Å². The number of hydrogen-bond donors (Lipinski definition) is 1. The molecule has 1 saturated heterocycles. The molecule has 0 radical (unpaired) electrons. The van der Waals surface area contributed by atoms with E-state index in [-0.39, 0.29) is 5.91 Å². The van der Waals surface area contributed by atoms with Gasteiger partial charge in [-0.05, 0) is 43.5 Å². The second kappa shape index (κ2) is 5.44. The number of rotatable bonds is 3. The zero-order valence-corrected chi connectivity index (χ0v) is 12.4. The van der Waals surface area contributed by atoms with E-state index in [1.807, 2.05) is 37.1 Å². The van der Waals surface area contributed by atoms with Gasteiger partial charge in [0.05, 0.1) is 0 Å². The molecule has 1 saturated carbocycles. The van der Waals surface area contributed by atoms with E-state index in [0.717, 1.165) is 49.0 Å². The van der Waals surface area contributed by atoms with Gasteiger partial charge in [0, 0.05) is 50.5 Å². The molecule has 1 aromatic rings. The summed E-state index contributed by atoms with van der Waals surface area (Å²) in [4.78, 5) is 17.1. The van der Waals surface area contributed by atoms with Crippen LogP contribution in [0.3, 0.4) is 0 Å². The van der Waals surface area contributed by atoms with Crippen molar-refractivity contribution in [2.45, 2.75) is 25.8 Å². The summed E-state index contributed by atoms with van der Waals surface area (Å²) in [7, 11) is 1.90. The van der Waals surface area contributed by atoms with Crippen molar-refractivity contribution in [2.75, 3.05) is 38.5 Å². The van der Waals surface area contributed by atoms with Crippen LogP contribution in [0, 0.1) is 6.92 Å². The highest BCUT2D eigenvalue weighted by Crippen LogP contribution is 2.27. The van der Waals surface area contributed by atoms with E-state index in [9.17, 15) is 4.79 Å². The van der Waals surface area contributed by atoms with Gasteiger partial charge in [-0.1, -0.05) is 0 Å². The average molecular weight is 273 g/mol. The molecule has 108 valence electrons. The zero-order chi connectivity index (χ0) is 14.1. The molecule has 1 aliphatic heterocycles. The summed E-state index contributed by atoms with van der Waals surface area (Å²) in [6, 6.07) is 6.71. The molecule has 1 heterocycles. The monoisotopic (exact) mass is 273 g/mol. The van der Waals surface area contributed by atoms with Gasteiger partial charge in [-0.15, -0.1) is 0 Å². The Morgan fingerprint density at radius 3 is 2.45 bits per heavy atom. The number of amides is 1. The van der Waals surface area contributed by atoms with Crippen molar-refractivity contribution in [2.24, 2.45) is 0 Å². The van der Waals surface area contributed by atoms with Gasteiger partial charge in [0.2, 0.25) is 0 Å². The molecule has 0 aromatic heterocycles. The lowest BCUT2D eigenvalue weighted by atomic mass is 10.1. The van der Waals surface area contributed by atoms with E-state index in [1.54, 1.807) is 0 Å². The maximum atomic E-state index is 12.5. The maximum Gasteiger partial charge on any atom is 0.253 e. The Morgan fingerprint density at radius 2 is 1.90 bits per heavy atom. The van der Waals surface area contributed by atoms with Gasteiger partial charge in [-0.3, -0.25) is 9.69 Å². The largest absolute Gasteiger partial charge is 0.388 e. The van der Waals surface area contributed by atoms with Gasteiger partial charge in [-0.2, -0.15) is 0 Å². The second-order valence-corrected chi connectivity index (χ2v) is 5.84. The normalized spacial score (nSPS) is 20.0. The molecular formula is C16H23N3O. The lowest BCUT2D eigenvalue weighted by Crippen LogP contribution is -2.49. The number of anilines is 1. The van der Waals surface area contributed by atoms with Gasteiger partial charge >= 0.3 is 0 Å². The number of piperazine rings is 1. The van der Waals surface area contributed by atoms with E-state index >= 15 is 0 Å². The van der Waals surface area contributed by atoms with Crippen molar-refractivity contribution in [3.05, 3.63) is 29.3 Å². The minimum Gasteiger partial charge on any atom is -0.388 e. The molecule has 0 spiro atoms. The van der Waals surface area contributed by atoms with Crippen molar-refractivity contribution >= 4 is 11.6 Å². The molecule has 4 nitrogen and oxygen atoms in total. The minimum absolute atomic E-state index is 0.172. The van der Waals surface area contributed by atoms with Gasteiger partial charge in [-0.25, -0.2) is 0 Å². The van der Waals surface area contributed by atoms with Crippen molar-refractivity contribution < 1.29 is 4.79 Å². The number of nitrogens with one attached hydrogen (secondary N) is 1. The summed E-state index contributed by atoms with van der Waals surface area (Å²) in [6.45, 7) is 5.83. The second-order valence-electron chi connectivity index (χ2n) is 5.84. The molecule has 2 aliphatic rings. The fourth-order valence-corrected chi connectivity index (χ4v) is 2.99. The summed E-state index contributed by atoms with van der Waals surface area (Å²) in [5.41, 5.74) is 3.01. The Kier molecular flexibility index (Phi) is 3.66. The summed E-state index contributed by atoms with van der Waals surface area (Å²) >= 11 is 0. The van der Waals surface area contributed by atoms with Crippen molar-refractivity contribution in [1.82, 2.24) is 9.80 Å². The molecule has 0 bridgehead atoms. The summed E-state index contributed by atoms with van der Waals surface area (Å²) in [5, 5.41) is 3.13. The van der Waals surface area contributed by atoms with E-state index in [2.05, 4.69) is 10.2 Å². The van der Waals surface area contributed by atoms with Gasteiger partial charge in [0.25, 0.3) is 5.91 Å². The molecule has 0 atom stereocenters. The fourth-order valence-electron chi connectivity index (χ4n) is 2.99. The van der Waals surface area contributed by atoms with Crippen LogP contribution < -0.4 is 5.32 Å². The Hall–Kier alpha value is -1.55. The standard InChI is InChI=1S/C16H23N3O/c1-12-11-13(3-6-15(12)17-2)16(20)19-9-7-18(8-10-19)14-4-5-14/h3,6,11,14,17H,4-5,7-10H2,1-2H3. The first-order valence-corrected chi connectivity index (χ1v) is 7.51. The van der Waals surface area contributed by atoms with Crippen LogP contribution in [0.15, 0.2) is 18.2 Å². The van der Waals surface area contributed by atoms with Crippen LogP contribution in [0.5, 0.6) is 0 Å². The quantitative estimate of drug-likeness (QED) is 0.914. The summed E-state index contributed by atoms with van der Waals surface area (Å²) in [6.07, 6.45) is 2.69. The lowest BCUT2D eigenvalue weighted by Gasteiger charge is -2.35. The summed E-state index contributed by atoms with van der Waals surface area (Å²) in [5.74, 6) is 0.172. The van der Waals surface area contributed by atoms with Gasteiger partial charge < -0.3 is 10.2 Å². The number of carbonyl (C=O) groups excluding carboxylic acids is 1. The van der Waals surface area contributed by atoms with Gasteiger partial charge in [0.15, 0.2) is 0 Å². The molecule has 2 fully saturated rings. The van der Waals surface area contributed by atoms with Crippen LogP contribution in [-0.4, -0.2) is 55.0 Å². The van der Waals surface area contributed by atoms with Crippen LogP contribution in [-0.2, 0) is 0 Å². The number of aryl methyl sites for hydroxylation is 1. The van der Waals surface area contributed by atoms with Crippen LogP contribution >= 0.6 is 0 Å². The molecule has 4 heteroatoms. The zero-order valence-electron chi connectivity index (χ0n) is 12.4. The van der Waals surface area contributed by atoms with Gasteiger partial charge in [0.1, 0.15) is 0 Å². The highest BCUT2D eigenvalue weighted by Gasteiger charge is 2.32. The van der Waals surface area contributed by atoms with Crippen LogP contribution in [0.4, 0.5) is 5.69 Å². The third kappa shape index (κ3) is 2.66. The van der Waals surface area contributed by atoms with E-state index in [1.165, 1.54) is 12.8 Å². The predicted octanol–water partition coefficient (Wildman–Crippen LogP) is 1.96. The fraction of sp³-hybridized carbons (Fsp3) is 0.562. The SMILES string of the molecule is CNc1ccc(C(=O)N2CCN(C3CC3)CC2)cc1C. The molecule has 1 N–H and O–H groups in total. The number of benzene rings is 1. The number of carbonyl (C=O) groups is 1. The van der Waals surface area contributed by atoms with Crippen molar-refractivity contribution in [3.8, 4) is 0 Å². The van der Waals surface area contributed by atoms with E-state index in [0.29, 0.717) is 0 Å². The molecule has 1 aliphatic carbocycles. The smallest absolute Gasteiger partial charge is 0.253 e. The first-order chi connectivity index (χ1) is 9.69. The first kappa shape index (κ1) is 13.4. The van der Waals surface area contributed by atoms with Crippen LogP contribution in [0.25, 0.3) is 0 Å². The van der Waals surface area contributed by atoms with Crippen LogP contribution in [0.1, 0.15) is 28.8 Å². The first-order valence-electron chi connectivity index (χ1n) is 7.51. The van der Waals surface area contributed by atoms with E-state index < -0.39 is 0 Å². The Balaban J connectivity index is 1.65. The molecule has 1 amide bonds. The predicted molar refractivity (Wildman–Crippen MR) is 81.2 cm³/mol. The summed E-state index contributed by atoms with van der Waals surface area (Å²) < 4.78 is 0. The highest BCUT2D eigenvalue weighted by molar-refractivity contribution is 5.95. The average Bonchev–Trinajstić information content (AvgIpc) is 3.31. The highest BCUT2D eigenvalue weighted by atomic mass is 16.2. The molecule has 0 unspecified atom stereocenters.